The summed E-state index contributed by atoms with van der Waals surface area (Å²) in [6, 6.07) is 24.2. The third-order valence-corrected chi connectivity index (χ3v) is 12.5. The summed E-state index contributed by atoms with van der Waals surface area (Å²) in [5, 5.41) is 33.6. The zero-order valence-corrected chi connectivity index (χ0v) is 35.0. The normalized spacial score (nSPS) is 20.9. The summed E-state index contributed by atoms with van der Waals surface area (Å²) < 4.78 is 20.7. The fourth-order valence-electron chi connectivity index (χ4n) is 8.44. The van der Waals surface area contributed by atoms with E-state index in [4.69, 9.17) is 31.1 Å². The number of pyridine rings is 1. The van der Waals surface area contributed by atoms with Gasteiger partial charge in [0.2, 0.25) is 0 Å². The van der Waals surface area contributed by atoms with E-state index in [0.717, 1.165) is 98.1 Å². The summed E-state index contributed by atoms with van der Waals surface area (Å²) >= 11 is 6.15. The molecule has 0 spiro atoms. The van der Waals surface area contributed by atoms with Gasteiger partial charge in [0, 0.05) is 74.4 Å². The number of nitriles is 1. The van der Waals surface area contributed by atoms with Gasteiger partial charge in [-0.1, -0.05) is 35.9 Å². The lowest BCUT2D eigenvalue weighted by atomic mass is 9.90. The number of hydrogen-bond donors (Lipinski definition) is 2. The number of carbonyl (C=O) groups excluding carboxylic acids is 1. The summed E-state index contributed by atoms with van der Waals surface area (Å²) in [5.74, 6) is 2.36. The molecule has 5 aromatic rings. The molecule has 3 aliphatic rings. The van der Waals surface area contributed by atoms with Gasteiger partial charge in [0.15, 0.2) is 11.5 Å². The Morgan fingerprint density at radius 1 is 0.900 bits per heavy atom. The number of nitrogens with zero attached hydrogens (tertiary/aromatic N) is 5. The van der Waals surface area contributed by atoms with Crippen molar-refractivity contribution >= 4 is 34.1 Å². The monoisotopic (exact) mass is 830 g/mol. The van der Waals surface area contributed by atoms with Gasteiger partial charge < -0.3 is 34.1 Å². The fraction of sp³-hybridized carbons (Fsp3) is 0.426. The number of rotatable bonds is 12. The van der Waals surface area contributed by atoms with Gasteiger partial charge in [-0.25, -0.2) is 0 Å². The van der Waals surface area contributed by atoms with Crippen molar-refractivity contribution < 1.29 is 24.1 Å². The summed E-state index contributed by atoms with van der Waals surface area (Å²) in [5.41, 5.74) is 2.11. The number of nitrogens with one attached hydrogen (secondary N) is 1. The van der Waals surface area contributed by atoms with Crippen LogP contribution in [0, 0.1) is 17.2 Å². The van der Waals surface area contributed by atoms with Crippen LogP contribution in [0.25, 0.3) is 21.9 Å². The van der Waals surface area contributed by atoms with Crippen LogP contribution in [0.4, 0.5) is 5.82 Å². The molecule has 2 saturated carbocycles. The molecule has 0 atom stereocenters. The summed E-state index contributed by atoms with van der Waals surface area (Å²) in [6.07, 6.45) is 8.72. The molecule has 1 amide bonds. The number of halogens is 1. The second-order valence-corrected chi connectivity index (χ2v) is 17.4. The van der Waals surface area contributed by atoms with E-state index in [1.165, 1.54) is 0 Å². The molecule has 0 radical (unpaired) electrons. The molecule has 2 aromatic heterocycles. The molecule has 0 bridgehead atoms. The molecule has 8 rings (SSSR count). The maximum atomic E-state index is 13.0. The Kier molecular flexibility index (Phi) is 12.1. The first-order chi connectivity index (χ1) is 28.9. The van der Waals surface area contributed by atoms with Crippen molar-refractivity contribution in [2.75, 3.05) is 24.6 Å². The fourth-order valence-corrected chi connectivity index (χ4v) is 8.65. The molecular formula is C47H51ClN6O6. The SMILES string of the molecule is Cn1cc(-c2cc(C(C)(C)O)ccc2O[C@H]2C[C@H](OCC3CCN(c4ccc(C(=O)N[C@H]5CC[C@H](Oc6ccc(C#N)c(Cl)c6)CC5)nn4)CC3)C2)c2ccccc2c1=O. The number of amides is 1. The van der Waals surface area contributed by atoms with E-state index < -0.39 is 5.60 Å². The molecule has 2 aliphatic carbocycles. The van der Waals surface area contributed by atoms with Crippen LogP contribution in [-0.4, -0.2) is 69.8 Å². The molecule has 0 unspecified atom stereocenters. The molecule has 3 fully saturated rings. The molecule has 12 nitrogen and oxygen atoms in total. The van der Waals surface area contributed by atoms with Crippen molar-refractivity contribution in [2.45, 2.75) is 95.2 Å². The van der Waals surface area contributed by atoms with Gasteiger partial charge in [-0.15, -0.1) is 10.2 Å². The second kappa shape index (κ2) is 17.6. The number of hydrogen-bond acceptors (Lipinski definition) is 10. The molecule has 13 heteroatoms. The molecule has 60 heavy (non-hydrogen) atoms. The molecule has 3 heterocycles. The Balaban J connectivity index is 0.775. The number of aliphatic hydroxyl groups is 1. The molecule has 3 aromatic carbocycles. The van der Waals surface area contributed by atoms with Crippen LogP contribution in [0.5, 0.6) is 11.5 Å². The highest BCUT2D eigenvalue weighted by Gasteiger charge is 2.34. The maximum absolute atomic E-state index is 13.0. The number of benzene rings is 3. The lowest BCUT2D eigenvalue weighted by Gasteiger charge is -2.38. The molecule has 1 aliphatic heterocycles. The van der Waals surface area contributed by atoms with Crippen LogP contribution in [0.2, 0.25) is 5.02 Å². The van der Waals surface area contributed by atoms with E-state index >= 15 is 0 Å². The maximum Gasteiger partial charge on any atom is 0.272 e. The zero-order valence-electron chi connectivity index (χ0n) is 34.3. The summed E-state index contributed by atoms with van der Waals surface area (Å²) in [6.45, 7) is 5.91. The van der Waals surface area contributed by atoms with Crippen LogP contribution in [0.3, 0.4) is 0 Å². The highest BCUT2D eigenvalue weighted by molar-refractivity contribution is 6.31. The summed E-state index contributed by atoms with van der Waals surface area (Å²) in [4.78, 5) is 28.2. The number of ether oxygens (including phenoxy) is 3. The first-order valence-corrected chi connectivity index (χ1v) is 21.3. The number of aryl methyl sites for hydroxylation is 1. The number of piperidine rings is 1. The lowest BCUT2D eigenvalue weighted by Crippen LogP contribution is -2.42. The Hall–Kier alpha value is -5.48. The van der Waals surface area contributed by atoms with Crippen LogP contribution in [-0.2, 0) is 17.4 Å². The average molecular weight is 831 g/mol. The first-order valence-electron chi connectivity index (χ1n) is 20.9. The van der Waals surface area contributed by atoms with Crippen molar-refractivity contribution in [1.29, 1.82) is 5.26 Å². The number of aromatic nitrogens is 3. The predicted molar refractivity (Wildman–Crippen MR) is 231 cm³/mol. The molecule has 1 saturated heterocycles. The topological polar surface area (TPSA) is 152 Å². The predicted octanol–water partition coefficient (Wildman–Crippen LogP) is 7.71. The van der Waals surface area contributed by atoms with Crippen LogP contribution >= 0.6 is 11.6 Å². The van der Waals surface area contributed by atoms with E-state index in [2.05, 4.69) is 26.5 Å². The average Bonchev–Trinajstić information content (AvgIpc) is 3.23. The van der Waals surface area contributed by atoms with Crippen molar-refractivity contribution in [3.63, 3.8) is 0 Å². The van der Waals surface area contributed by atoms with E-state index in [1.807, 2.05) is 54.7 Å². The Labute approximate surface area is 355 Å². The highest BCUT2D eigenvalue weighted by atomic mass is 35.5. The quantitative estimate of drug-likeness (QED) is 0.128. The number of anilines is 1. The second-order valence-electron chi connectivity index (χ2n) is 17.0. The Morgan fingerprint density at radius 3 is 2.33 bits per heavy atom. The van der Waals surface area contributed by atoms with Gasteiger partial charge in [0.25, 0.3) is 11.5 Å². The van der Waals surface area contributed by atoms with Gasteiger partial charge in [-0.05, 0) is 112 Å². The molecular weight excluding hydrogens is 780 g/mol. The number of fused-ring (bicyclic) bond motifs is 1. The van der Waals surface area contributed by atoms with Crippen molar-refractivity contribution in [3.05, 3.63) is 111 Å². The van der Waals surface area contributed by atoms with Gasteiger partial charge in [-0.2, -0.15) is 5.26 Å². The van der Waals surface area contributed by atoms with Crippen molar-refractivity contribution in [1.82, 2.24) is 20.1 Å². The zero-order chi connectivity index (χ0) is 42.0. The minimum absolute atomic E-state index is 0.00202. The van der Waals surface area contributed by atoms with Gasteiger partial charge in [-0.3, -0.25) is 9.59 Å². The highest BCUT2D eigenvalue weighted by Crippen LogP contribution is 2.40. The number of carbonyl (C=O) groups is 1. The third-order valence-electron chi connectivity index (χ3n) is 12.2. The van der Waals surface area contributed by atoms with Crippen molar-refractivity contribution in [2.24, 2.45) is 13.0 Å². The third kappa shape index (κ3) is 9.29. The molecule has 312 valence electrons. The standard InChI is InChI=1S/C47H51ClN6O6/c1-47(2,57)31-9-16-43(39(22-31)40-27-53(3)46(56)38-7-5-4-6-37(38)40)60-36-23-35(24-36)58-28-29-18-20-54(21-19-29)44-17-15-42(51-52-44)45(55)50-32-10-13-33(14-11-32)59-34-12-8-30(26-49)41(48)25-34/h4-9,12,15-17,22,25,27,29,32-33,35-36,57H,10-11,13-14,18-21,23-24,28H2,1-3H3,(H,50,55)/t32-,33-,35-,36-. The van der Waals surface area contributed by atoms with Crippen LogP contribution in [0.1, 0.15) is 86.8 Å². The van der Waals surface area contributed by atoms with Gasteiger partial charge in [0.05, 0.1) is 28.4 Å². The first kappa shape index (κ1) is 41.3. The minimum Gasteiger partial charge on any atom is -0.490 e. The minimum atomic E-state index is -1.05. The van der Waals surface area contributed by atoms with Crippen LogP contribution < -0.4 is 25.2 Å². The molecule has 2 N–H and O–H groups in total. The largest absolute Gasteiger partial charge is 0.490 e. The van der Waals surface area contributed by atoms with E-state index in [9.17, 15) is 14.7 Å². The Morgan fingerprint density at radius 2 is 1.65 bits per heavy atom. The Bertz CT molecular complexity index is 2440. The van der Waals surface area contributed by atoms with Gasteiger partial charge in [0.1, 0.15) is 23.7 Å². The smallest absolute Gasteiger partial charge is 0.272 e. The van der Waals surface area contributed by atoms with E-state index in [-0.39, 0.29) is 35.8 Å². The van der Waals surface area contributed by atoms with Crippen molar-refractivity contribution in [3.8, 4) is 28.7 Å². The van der Waals surface area contributed by atoms with E-state index in [0.29, 0.717) is 39.9 Å². The van der Waals surface area contributed by atoms with Crippen LogP contribution in [0.15, 0.2) is 83.8 Å². The summed E-state index contributed by atoms with van der Waals surface area (Å²) in [7, 11) is 1.76. The lowest BCUT2D eigenvalue weighted by molar-refractivity contribution is -0.0727. The van der Waals surface area contributed by atoms with E-state index in [1.54, 1.807) is 49.7 Å². The van der Waals surface area contributed by atoms with Gasteiger partial charge >= 0.3 is 0 Å².